The number of nitrogens with zero attached hydrogens (tertiary/aromatic N) is 3. The van der Waals surface area contributed by atoms with E-state index in [9.17, 15) is 13.2 Å². The number of carbonyl (C=O) groups is 1. The van der Waals surface area contributed by atoms with E-state index in [2.05, 4.69) is 0 Å². The third-order valence-corrected chi connectivity index (χ3v) is 8.12. The summed E-state index contributed by atoms with van der Waals surface area (Å²) in [6.07, 6.45) is 7.21. The molecular formula is C27H31N3O4S. The zero-order chi connectivity index (χ0) is 24.8. The molecule has 1 aromatic heterocycles. The summed E-state index contributed by atoms with van der Waals surface area (Å²) >= 11 is 0. The zero-order valence-electron chi connectivity index (χ0n) is 20.1. The summed E-state index contributed by atoms with van der Waals surface area (Å²) in [5, 5.41) is 0. The van der Waals surface area contributed by atoms with Gasteiger partial charge >= 0.3 is 0 Å². The predicted octanol–water partition coefficient (Wildman–Crippen LogP) is 4.24. The van der Waals surface area contributed by atoms with Crippen molar-refractivity contribution in [3.8, 4) is 5.75 Å². The van der Waals surface area contributed by atoms with Gasteiger partial charge in [-0.25, -0.2) is 8.42 Å². The van der Waals surface area contributed by atoms with Crippen molar-refractivity contribution in [3.05, 3.63) is 89.5 Å². The molecule has 0 aliphatic heterocycles. The van der Waals surface area contributed by atoms with Crippen LogP contribution in [-0.2, 0) is 16.6 Å². The van der Waals surface area contributed by atoms with E-state index in [-0.39, 0.29) is 34.7 Å². The Morgan fingerprint density at radius 2 is 1.74 bits per heavy atom. The lowest BCUT2D eigenvalue weighted by Crippen LogP contribution is -2.30. The Labute approximate surface area is 206 Å². The second kappa shape index (κ2) is 11.0. The van der Waals surface area contributed by atoms with Gasteiger partial charge in [-0.2, -0.15) is 4.31 Å². The molecule has 0 N–H and O–H groups in total. The number of benzene rings is 2. The smallest absolute Gasteiger partial charge is 0.263 e. The van der Waals surface area contributed by atoms with Crippen LogP contribution in [0.5, 0.6) is 5.75 Å². The van der Waals surface area contributed by atoms with Gasteiger partial charge in [-0.05, 0) is 48.7 Å². The van der Waals surface area contributed by atoms with Crippen molar-refractivity contribution < 1.29 is 17.9 Å². The van der Waals surface area contributed by atoms with Crippen LogP contribution in [0.3, 0.4) is 0 Å². The van der Waals surface area contributed by atoms with Crippen molar-refractivity contribution in [3.63, 3.8) is 0 Å². The predicted molar refractivity (Wildman–Crippen MR) is 135 cm³/mol. The van der Waals surface area contributed by atoms with Crippen molar-refractivity contribution in [2.75, 3.05) is 14.2 Å². The molecule has 0 spiro atoms. The number of hydrogen-bond donors (Lipinski definition) is 0. The second-order valence-electron chi connectivity index (χ2n) is 8.77. The van der Waals surface area contributed by atoms with E-state index in [1.54, 1.807) is 18.3 Å². The van der Waals surface area contributed by atoms with Crippen LogP contribution in [0, 0.1) is 0 Å². The van der Waals surface area contributed by atoms with Gasteiger partial charge in [0.1, 0.15) is 16.1 Å². The fraction of sp³-hybridized carbons (Fsp3) is 0.333. The molecule has 0 atom stereocenters. The molecule has 1 saturated carbocycles. The van der Waals surface area contributed by atoms with Gasteiger partial charge in [-0.15, -0.1) is 0 Å². The monoisotopic (exact) mass is 493 g/mol. The summed E-state index contributed by atoms with van der Waals surface area (Å²) in [6, 6.07) is 19.5. The highest BCUT2D eigenvalue weighted by molar-refractivity contribution is 7.89. The normalized spacial score (nSPS) is 15.3. The summed E-state index contributed by atoms with van der Waals surface area (Å²) < 4.78 is 35.0. The van der Waals surface area contributed by atoms with E-state index in [4.69, 9.17) is 9.73 Å². The fourth-order valence-electron chi connectivity index (χ4n) is 4.35. The van der Waals surface area contributed by atoms with Crippen LogP contribution in [-0.4, -0.2) is 43.4 Å². The van der Waals surface area contributed by atoms with Crippen molar-refractivity contribution in [1.82, 2.24) is 8.87 Å². The maximum atomic E-state index is 13.5. The minimum Gasteiger partial charge on any atom is -0.495 e. The van der Waals surface area contributed by atoms with E-state index in [1.165, 1.54) is 41.6 Å². The van der Waals surface area contributed by atoms with Gasteiger partial charge in [-0.3, -0.25) is 14.4 Å². The van der Waals surface area contributed by atoms with E-state index < -0.39 is 10.0 Å². The Kier molecular flexibility index (Phi) is 7.83. The fourth-order valence-corrected chi connectivity index (χ4v) is 5.69. The molecular weight excluding hydrogens is 462 g/mol. The largest absolute Gasteiger partial charge is 0.495 e. The van der Waals surface area contributed by atoms with Gasteiger partial charge < -0.3 is 4.74 Å². The number of pyridine rings is 1. The van der Waals surface area contributed by atoms with Gasteiger partial charge in [-0.1, -0.05) is 55.7 Å². The van der Waals surface area contributed by atoms with Gasteiger partial charge in [0, 0.05) is 25.4 Å². The van der Waals surface area contributed by atoms with E-state index in [0.29, 0.717) is 5.49 Å². The van der Waals surface area contributed by atoms with E-state index in [1.807, 2.05) is 42.5 Å². The molecule has 0 radical (unpaired) electrons. The molecule has 0 amide bonds. The van der Waals surface area contributed by atoms with E-state index >= 15 is 0 Å². The van der Waals surface area contributed by atoms with Crippen LogP contribution in [0.25, 0.3) is 0 Å². The van der Waals surface area contributed by atoms with Crippen LogP contribution in [0.15, 0.2) is 82.8 Å². The molecule has 4 rings (SSSR count). The molecule has 7 nitrogen and oxygen atoms in total. The van der Waals surface area contributed by atoms with Crippen LogP contribution in [0.4, 0.5) is 0 Å². The molecule has 1 fully saturated rings. The minimum absolute atomic E-state index is 0.0495. The molecule has 3 aromatic rings. The van der Waals surface area contributed by atoms with E-state index in [0.717, 1.165) is 31.2 Å². The Balaban J connectivity index is 1.69. The molecule has 184 valence electrons. The highest BCUT2D eigenvalue weighted by Gasteiger charge is 2.27. The standard InChI is InChI=1S/C27H31N3O4S/c1-29(20-21-11-5-3-6-12-21)35(32,33)25-19-22(16-17-24(25)34-2)27(31)30-18-10-9-15-26(30)28-23-13-7-4-8-14-23/h3,5-6,9-12,15-19,23H,4,7-8,13-14,20H2,1-2H3. The average Bonchev–Trinajstić information content (AvgIpc) is 2.89. The first-order valence-corrected chi connectivity index (χ1v) is 13.3. The first-order valence-electron chi connectivity index (χ1n) is 11.8. The number of sulfonamides is 1. The maximum absolute atomic E-state index is 13.5. The lowest BCUT2D eigenvalue weighted by atomic mass is 9.96. The Hall–Kier alpha value is -3.23. The Morgan fingerprint density at radius 3 is 2.46 bits per heavy atom. The average molecular weight is 494 g/mol. The van der Waals surface area contributed by atoms with Crippen molar-refractivity contribution >= 4 is 15.9 Å². The van der Waals surface area contributed by atoms with Gasteiger partial charge in [0.05, 0.1) is 13.2 Å². The second-order valence-corrected chi connectivity index (χ2v) is 10.8. The zero-order valence-corrected chi connectivity index (χ0v) is 20.9. The third kappa shape index (κ3) is 5.71. The Bertz CT molecular complexity index is 1340. The minimum atomic E-state index is -3.93. The van der Waals surface area contributed by atoms with Gasteiger partial charge in [0.25, 0.3) is 5.91 Å². The topological polar surface area (TPSA) is 81.0 Å². The van der Waals surface area contributed by atoms with Crippen LogP contribution in [0.1, 0.15) is 48.0 Å². The van der Waals surface area contributed by atoms with Gasteiger partial charge in [0.15, 0.2) is 0 Å². The number of aromatic nitrogens is 1. The Morgan fingerprint density at radius 1 is 1.03 bits per heavy atom. The van der Waals surface area contributed by atoms with Gasteiger partial charge in [0.2, 0.25) is 10.0 Å². The maximum Gasteiger partial charge on any atom is 0.263 e. The molecule has 2 aromatic carbocycles. The first kappa shape index (κ1) is 24.9. The van der Waals surface area contributed by atoms with Crippen LogP contribution < -0.4 is 10.2 Å². The molecule has 0 bridgehead atoms. The molecule has 1 aliphatic rings. The summed E-state index contributed by atoms with van der Waals surface area (Å²) in [6.45, 7) is 0.197. The van der Waals surface area contributed by atoms with Crippen molar-refractivity contribution in [2.24, 2.45) is 4.99 Å². The quantitative estimate of drug-likeness (QED) is 0.493. The summed E-state index contributed by atoms with van der Waals surface area (Å²) in [5.41, 5.74) is 1.68. The van der Waals surface area contributed by atoms with Crippen molar-refractivity contribution in [2.45, 2.75) is 49.6 Å². The van der Waals surface area contributed by atoms with Crippen LogP contribution in [0.2, 0.25) is 0 Å². The lowest BCUT2D eigenvalue weighted by Gasteiger charge is -2.20. The molecule has 1 heterocycles. The first-order chi connectivity index (χ1) is 16.9. The molecule has 35 heavy (non-hydrogen) atoms. The highest BCUT2D eigenvalue weighted by atomic mass is 32.2. The number of hydrogen-bond acceptors (Lipinski definition) is 5. The number of ether oxygens (including phenoxy) is 1. The van der Waals surface area contributed by atoms with Crippen LogP contribution >= 0.6 is 0 Å². The molecule has 0 saturated heterocycles. The molecule has 8 heteroatoms. The lowest BCUT2D eigenvalue weighted by molar-refractivity contribution is 0.0954. The third-order valence-electron chi connectivity index (χ3n) is 6.29. The molecule has 1 aliphatic carbocycles. The van der Waals surface area contributed by atoms with Crippen molar-refractivity contribution in [1.29, 1.82) is 0 Å². The highest BCUT2D eigenvalue weighted by Crippen LogP contribution is 2.28. The number of rotatable bonds is 7. The molecule has 0 unspecified atom stereocenters. The SMILES string of the molecule is COc1ccc(C(=O)n2ccccc2=NC2CCCCC2)cc1S(=O)(=O)N(C)Cc1ccccc1. The number of carbonyl (C=O) groups excluding carboxylic acids is 1. The summed E-state index contributed by atoms with van der Waals surface area (Å²) in [5.74, 6) is -0.156. The summed E-state index contributed by atoms with van der Waals surface area (Å²) in [4.78, 5) is 18.3. The summed E-state index contributed by atoms with van der Waals surface area (Å²) in [7, 11) is -0.993. The number of methoxy groups -OCH3 is 1.